The maximum atomic E-state index is 11.5. The second kappa shape index (κ2) is 7.48. The summed E-state index contributed by atoms with van der Waals surface area (Å²) in [5.74, 6) is -0.746. The molecule has 0 aliphatic carbocycles. The first-order valence-electron chi connectivity index (χ1n) is 5.69. The van der Waals surface area contributed by atoms with E-state index in [2.05, 4.69) is 5.32 Å². The van der Waals surface area contributed by atoms with E-state index in [0.717, 1.165) is 6.42 Å². The van der Waals surface area contributed by atoms with Crippen LogP contribution in [-0.4, -0.2) is 45.1 Å². The molecule has 0 rings (SSSR count). The van der Waals surface area contributed by atoms with E-state index in [1.54, 1.807) is 20.8 Å². The third-order valence-corrected chi connectivity index (χ3v) is 3.08. The first-order chi connectivity index (χ1) is 8.17. The van der Waals surface area contributed by atoms with Crippen molar-refractivity contribution in [2.45, 2.75) is 51.2 Å². The van der Waals surface area contributed by atoms with E-state index < -0.39 is 29.1 Å². The Labute approximate surface area is 111 Å². The number of rotatable bonds is 6. The molecule has 18 heavy (non-hydrogen) atoms. The fraction of sp³-hybridized carbons (Fsp3) is 0.818. The molecule has 0 bridgehead atoms. The van der Waals surface area contributed by atoms with Crippen molar-refractivity contribution in [1.82, 2.24) is 5.32 Å². The molecule has 0 saturated heterocycles. The van der Waals surface area contributed by atoms with Crippen LogP contribution in [0.3, 0.4) is 0 Å². The molecular formula is C11H21NO5S. The summed E-state index contributed by atoms with van der Waals surface area (Å²) < 4.78 is 5.01. The lowest BCUT2D eigenvalue weighted by atomic mass is 10.2. The van der Waals surface area contributed by atoms with Crippen LogP contribution >= 0.6 is 11.8 Å². The summed E-state index contributed by atoms with van der Waals surface area (Å²) in [4.78, 5) is 22.2. The van der Waals surface area contributed by atoms with Gasteiger partial charge in [-0.15, -0.1) is 11.8 Å². The summed E-state index contributed by atoms with van der Waals surface area (Å²) in [5, 5.41) is 19.7. The number of carbonyl (C=O) groups is 2. The van der Waals surface area contributed by atoms with Crippen molar-refractivity contribution in [3.63, 3.8) is 0 Å². The molecule has 0 aliphatic heterocycles. The lowest BCUT2D eigenvalue weighted by Crippen LogP contribution is -2.46. The third-order valence-electron chi connectivity index (χ3n) is 1.70. The fourth-order valence-electron chi connectivity index (χ4n) is 1.01. The second-order valence-electron chi connectivity index (χ2n) is 4.72. The molecule has 0 fully saturated rings. The highest BCUT2D eigenvalue weighted by Gasteiger charge is 2.29. The van der Waals surface area contributed by atoms with Crippen LogP contribution in [0.5, 0.6) is 0 Å². The third kappa shape index (κ3) is 7.39. The van der Waals surface area contributed by atoms with E-state index in [-0.39, 0.29) is 0 Å². The Kier molecular flexibility index (Phi) is 7.08. The van der Waals surface area contributed by atoms with Crippen molar-refractivity contribution in [3.05, 3.63) is 0 Å². The first-order valence-corrected chi connectivity index (χ1v) is 6.74. The molecule has 106 valence electrons. The number of nitrogens with one attached hydrogen (secondary N) is 1. The predicted octanol–water partition coefficient (Wildman–Crippen LogP) is 1.43. The maximum absolute atomic E-state index is 11.5. The van der Waals surface area contributed by atoms with Crippen molar-refractivity contribution < 1.29 is 24.5 Å². The Morgan fingerprint density at radius 3 is 2.33 bits per heavy atom. The van der Waals surface area contributed by atoms with Gasteiger partial charge < -0.3 is 20.3 Å². The number of amides is 1. The van der Waals surface area contributed by atoms with Crippen LogP contribution in [0.2, 0.25) is 0 Å². The SMILES string of the molecule is CCCS[C@H](NC(=O)OC(C)(C)C)C(O)C(=O)O. The van der Waals surface area contributed by atoms with Crippen LogP contribution in [-0.2, 0) is 9.53 Å². The average Bonchev–Trinajstić information content (AvgIpc) is 2.20. The van der Waals surface area contributed by atoms with E-state index in [4.69, 9.17) is 9.84 Å². The molecule has 6 nitrogen and oxygen atoms in total. The van der Waals surface area contributed by atoms with Crippen LogP contribution in [0.25, 0.3) is 0 Å². The van der Waals surface area contributed by atoms with Gasteiger partial charge in [0.15, 0.2) is 6.10 Å². The highest BCUT2D eigenvalue weighted by Crippen LogP contribution is 2.15. The summed E-state index contributed by atoms with van der Waals surface area (Å²) >= 11 is 1.17. The average molecular weight is 279 g/mol. The van der Waals surface area contributed by atoms with Crippen LogP contribution in [0.15, 0.2) is 0 Å². The number of ether oxygens (including phenoxy) is 1. The van der Waals surface area contributed by atoms with Crippen molar-refractivity contribution in [1.29, 1.82) is 0 Å². The van der Waals surface area contributed by atoms with Crippen LogP contribution < -0.4 is 5.32 Å². The molecule has 0 aliphatic rings. The molecule has 1 amide bonds. The van der Waals surface area contributed by atoms with Gasteiger partial charge in [0, 0.05) is 0 Å². The van der Waals surface area contributed by atoms with Crippen molar-refractivity contribution in [2.24, 2.45) is 0 Å². The largest absolute Gasteiger partial charge is 0.479 e. The Hall–Kier alpha value is -0.950. The molecule has 0 aromatic carbocycles. The molecule has 7 heteroatoms. The van der Waals surface area contributed by atoms with E-state index in [9.17, 15) is 14.7 Å². The van der Waals surface area contributed by atoms with Gasteiger partial charge in [0.1, 0.15) is 11.0 Å². The van der Waals surface area contributed by atoms with Crippen LogP contribution in [0.4, 0.5) is 4.79 Å². The molecule has 0 aromatic heterocycles. The van der Waals surface area contributed by atoms with Crippen LogP contribution in [0, 0.1) is 0 Å². The van der Waals surface area contributed by atoms with Crippen molar-refractivity contribution in [3.8, 4) is 0 Å². The summed E-state index contributed by atoms with van der Waals surface area (Å²) in [5.41, 5.74) is -0.668. The van der Waals surface area contributed by atoms with E-state index in [0.29, 0.717) is 5.75 Å². The number of hydrogen-bond acceptors (Lipinski definition) is 5. The molecule has 0 heterocycles. The molecule has 0 radical (unpaired) electrons. The number of alkyl carbamates (subject to hydrolysis) is 1. The second-order valence-corrected chi connectivity index (χ2v) is 5.97. The van der Waals surface area contributed by atoms with Gasteiger partial charge in [0.25, 0.3) is 0 Å². The number of hydrogen-bond donors (Lipinski definition) is 3. The van der Waals surface area contributed by atoms with Gasteiger partial charge in [-0.2, -0.15) is 0 Å². The Morgan fingerprint density at radius 2 is 1.94 bits per heavy atom. The Morgan fingerprint density at radius 1 is 1.39 bits per heavy atom. The van der Waals surface area contributed by atoms with Crippen molar-refractivity contribution >= 4 is 23.8 Å². The number of aliphatic hydroxyl groups excluding tert-OH is 1. The van der Waals surface area contributed by atoms with Gasteiger partial charge in [-0.3, -0.25) is 0 Å². The highest BCUT2D eigenvalue weighted by molar-refractivity contribution is 7.99. The van der Waals surface area contributed by atoms with Crippen LogP contribution in [0.1, 0.15) is 34.1 Å². The van der Waals surface area contributed by atoms with E-state index >= 15 is 0 Å². The lowest BCUT2D eigenvalue weighted by Gasteiger charge is -2.24. The van der Waals surface area contributed by atoms with Gasteiger partial charge >= 0.3 is 12.1 Å². The highest BCUT2D eigenvalue weighted by atomic mass is 32.2. The summed E-state index contributed by atoms with van der Waals surface area (Å²) in [6.45, 7) is 7.03. The summed E-state index contributed by atoms with van der Waals surface area (Å²) in [7, 11) is 0. The van der Waals surface area contributed by atoms with Gasteiger partial charge in [-0.1, -0.05) is 6.92 Å². The minimum atomic E-state index is -1.66. The number of thioether (sulfide) groups is 1. The quantitative estimate of drug-likeness (QED) is 0.636. The number of carboxylic acid groups (broad SMARTS) is 1. The normalized spacial score (nSPS) is 14.7. The molecule has 0 aromatic rings. The number of carboxylic acids is 1. The van der Waals surface area contributed by atoms with Gasteiger partial charge in [0.05, 0.1) is 0 Å². The van der Waals surface area contributed by atoms with Gasteiger partial charge in [0.2, 0.25) is 0 Å². The molecule has 2 atom stereocenters. The molecular weight excluding hydrogens is 258 g/mol. The number of aliphatic hydroxyl groups is 1. The Balaban J connectivity index is 4.49. The zero-order chi connectivity index (χ0) is 14.3. The minimum absolute atomic E-state index is 0.630. The minimum Gasteiger partial charge on any atom is -0.479 e. The lowest BCUT2D eigenvalue weighted by molar-refractivity contribution is -0.146. The summed E-state index contributed by atoms with van der Waals surface area (Å²) in [6.07, 6.45) is -1.59. The van der Waals surface area contributed by atoms with E-state index in [1.165, 1.54) is 11.8 Å². The standard InChI is InChI=1S/C11H21NO5S/c1-5-6-18-8(7(13)9(14)15)12-10(16)17-11(2,3)4/h7-8,13H,5-6H2,1-4H3,(H,12,16)(H,14,15)/t7?,8-/m0/s1. The van der Waals surface area contributed by atoms with E-state index in [1.807, 2.05) is 6.92 Å². The maximum Gasteiger partial charge on any atom is 0.408 e. The molecule has 0 spiro atoms. The smallest absolute Gasteiger partial charge is 0.408 e. The zero-order valence-corrected chi connectivity index (χ0v) is 11.9. The molecule has 0 saturated carbocycles. The number of aliphatic carboxylic acids is 1. The van der Waals surface area contributed by atoms with Gasteiger partial charge in [-0.05, 0) is 32.9 Å². The van der Waals surface area contributed by atoms with Gasteiger partial charge in [-0.25, -0.2) is 9.59 Å². The van der Waals surface area contributed by atoms with Crippen molar-refractivity contribution in [2.75, 3.05) is 5.75 Å². The first kappa shape index (κ1) is 17.1. The summed E-state index contributed by atoms with van der Waals surface area (Å²) in [6, 6.07) is 0. The predicted molar refractivity (Wildman–Crippen MR) is 69.5 cm³/mol. The topological polar surface area (TPSA) is 95.9 Å². The zero-order valence-electron chi connectivity index (χ0n) is 11.1. The fourth-order valence-corrected chi connectivity index (χ4v) is 1.98. The Bertz CT molecular complexity index is 290. The number of carbonyl (C=O) groups excluding carboxylic acids is 1. The monoisotopic (exact) mass is 279 g/mol. The molecule has 3 N–H and O–H groups in total. The molecule has 1 unspecified atom stereocenters.